The third-order valence-corrected chi connectivity index (χ3v) is 5.65. The van der Waals surface area contributed by atoms with E-state index in [-0.39, 0.29) is 12.2 Å². The second-order valence-corrected chi connectivity index (χ2v) is 8.58. The molecular weight excluding hydrogens is 474 g/mol. The second kappa shape index (κ2) is 9.26. The molecule has 0 aliphatic heterocycles. The molecule has 0 unspecified atom stereocenters. The molecule has 0 saturated heterocycles. The van der Waals surface area contributed by atoms with E-state index in [1.807, 2.05) is 6.07 Å². The van der Waals surface area contributed by atoms with Gasteiger partial charge < -0.3 is 10.4 Å². The molecule has 0 aromatic heterocycles. The van der Waals surface area contributed by atoms with E-state index < -0.39 is 28.7 Å². The molecule has 5 nitrogen and oxygen atoms in total. The molecule has 2 N–H and O–H groups in total. The van der Waals surface area contributed by atoms with Crippen LogP contribution in [0.25, 0.3) is 0 Å². The molecule has 0 fully saturated rings. The van der Waals surface area contributed by atoms with Gasteiger partial charge in [-0.1, -0.05) is 50.1 Å². The molecule has 2 rings (SSSR count). The van der Waals surface area contributed by atoms with E-state index in [0.29, 0.717) is 19.4 Å². The first-order chi connectivity index (χ1) is 11.9. The first kappa shape index (κ1) is 19.8. The predicted molar refractivity (Wildman–Crippen MR) is 103 cm³/mol. The monoisotopic (exact) mass is 487 g/mol. The van der Waals surface area contributed by atoms with Crippen molar-refractivity contribution in [3.8, 4) is 0 Å². The van der Waals surface area contributed by atoms with Gasteiger partial charge in [0.1, 0.15) is 6.04 Å². The number of aliphatic carboxylic acids is 1. The quantitative estimate of drug-likeness (QED) is 0.623. The van der Waals surface area contributed by atoms with Crippen molar-refractivity contribution in [2.24, 2.45) is 0 Å². The lowest BCUT2D eigenvalue weighted by Gasteiger charge is -2.15. The molecule has 2 atom stereocenters. The highest BCUT2D eigenvalue weighted by atomic mass is 79.9. The van der Waals surface area contributed by atoms with E-state index in [0.717, 1.165) is 0 Å². The van der Waals surface area contributed by atoms with Crippen LogP contribution in [0.3, 0.4) is 0 Å². The lowest BCUT2D eigenvalue weighted by Crippen LogP contribution is -2.41. The number of benzene rings is 2. The van der Waals surface area contributed by atoms with Crippen molar-refractivity contribution in [1.29, 1.82) is 0 Å². The topological polar surface area (TPSA) is 83.5 Å². The zero-order chi connectivity index (χ0) is 18.4. The molecule has 0 bridgehead atoms. The summed E-state index contributed by atoms with van der Waals surface area (Å²) in [5.74, 6) is -1.52. The zero-order valence-electron chi connectivity index (χ0n) is 12.9. The molecule has 25 heavy (non-hydrogen) atoms. The highest BCUT2D eigenvalue weighted by molar-refractivity contribution is 9.11. The molecule has 0 spiro atoms. The molecular formula is C17H15Br2NO4S. The number of amides is 1. The van der Waals surface area contributed by atoms with Crippen LogP contribution in [0, 0.1) is 0 Å². The van der Waals surface area contributed by atoms with E-state index >= 15 is 0 Å². The van der Waals surface area contributed by atoms with Crippen LogP contribution in [0.5, 0.6) is 0 Å². The number of carbonyl (C=O) groups excluding carboxylic acids is 1. The second-order valence-electron chi connectivity index (χ2n) is 5.17. The van der Waals surface area contributed by atoms with Crippen LogP contribution in [-0.2, 0) is 15.6 Å². The van der Waals surface area contributed by atoms with Crippen LogP contribution in [0.2, 0.25) is 0 Å². The molecule has 0 aliphatic carbocycles. The van der Waals surface area contributed by atoms with Gasteiger partial charge >= 0.3 is 5.97 Å². The molecule has 2 aromatic rings. The van der Waals surface area contributed by atoms with Gasteiger partial charge in [0.2, 0.25) is 0 Å². The van der Waals surface area contributed by atoms with E-state index in [9.17, 15) is 18.9 Å². The van der Waals surface area contributed by atoms with Gasteiger partial charge in [-0.15, -0.1) is 0 Å². The van der Waals surface area contributed by atoms with E-state index in [2.05, 4.69) is 37.2 Å². The van der Waals surface area contributed by atoms with Gasteiger partial charge in [-0.3, -0.25) is 9.00 Å². The van der Waals surface area contributed by atoms with Crippen molar-refractivity contribution in [1.82, 2.24) is 5.32 Å². The standard InChI is InChI=1S/C17H15Br2NO4S/c18-12-8-11(9-13(19)10-12)16(21)20-15(17(22)23)6-7-25(24)14-4-2-1-3-5-14/h1-5,8-10,15H,6-7H2,(H,20,21)(H,22,23)/t15-,25-/m1/s1. The summed E-state index contributed by atoms with van der Waals surface area (Å²) in [5.41, 5.74) is 0.330. The van der Waals surface area contributed by atoms with Crippen LogP contribution in [0.4, 0.5) is 0 Å². The van der Waals surface area contributed by atoms with Crippen molar-refractivity contribution in [2.75, 3.05) is 5.75 Å². The summed E-state index contributed by atoms with van der Waals surface area (Å²) in [6, 6.07) is 12.7. The van der Waals surface area contributed by atoms with Gasteiger partial charge in [0, 0.05) is 25.2 Å². The van der Waals surface area contributed by atoms with Crippen LogP contribution in [-0.4, -0.2) is 33.0 Å². The SMILES string of the molecule is O=C(N[C@H](CC[S@@](=O)c1ccccc1)C(=O)O)c1cc(Br)cc(Br)c1. The Balaban J connectivity index is 2.02. The number of carboxylic acids is 1. The van der Waals surface area contributed by atoms with E-state index in [4.69, 9.17) is 0 Å². The van der Waals surface area contributed by atoms with E-state index in [1.165, 1.54) is 0 Å². The third-order valence-electron chi connectivity index (χ3n) is 3.33. The fourth-order valence-corrected chi connectivity index (χ4v) is 4.54. The number of carboxylic acid groups (broad SMARTS) is 1. The fourth-order valence-electron chi connectivity index (χ4n) is 2.10. The zero-order valence-corrected chi connectivity index (χ0v) is 16.9. The molecule has 132 valence electrons. The van der Waals surface area contributed by atoms with E-state index in [1.54, 1.807) is 42.5 Å². The smallest absolute Gasteiger partial charge is 0.326 e. The maximum Gasteiger partial charge on any atom is 0.326 e. The average Bonchev–Trinajstić information content (AvgIpc) is 2.57. The summed E-state index contributed by atoms with van der Waals surface area (Å²) in [6.45, 7) is 0. The lowest BCUT2D eigenvalue weighted by atomic mass is 10.1. The Hall–Kier alpha value is -1.51. The Labute approximate surface area is 164 Å². The summed E-state index contributed by atoms with van der Waals surface area (Å²) in [4.78, 5) is 24.3. The van der Waals surface area contributed by atoms with Gasteiger partial charge in [0.05, 0.1) is 10.8 Å². The van der Waals surface area contributed by atoms with Crippen LogP contribution >= 0.6 is 31.9 Å². The van der Waals surface area contributed by atoms with Crippen LogP contribution in [0.1, 0.15) is 16.8 Å². The fraction of sp³-hybridized carbons (Fsp3) is 0.176. The van der Waals surface area contributed by atoms with Crippen molar-refractivity contribution in [2.45, 2.75) is 17.4 Å². The predicted octanol–water partition coefficient (Wildman–Crippen LogP) is 3.59. The molecule has 2 aromatic carbocycles. The summed E-state index contributed by atoms with van der Waals surface area (Å²) in [5, 5.41) is 11.8. The van der Waals surface area contributed by atoms with Crippen molar-refractivity contribution >= 4 is 54.5 Å². The van der Waals surface area contributed by atoms with Crippen LogP contribution in [0.15, 0.2) is 62.4 Å². The van der Waals surface area contributed by atoms with Crippen molar-refractivity contribution in [3.05, 3.63) is 63.0 Å². The number of halogens is 2. The number of hydrogen-bond donors (Lipinski definition) is 2. The van der Waals surface area contributed by atoms with Gasteiger partial charge in [0.25, 0.3) is 5.91 Å². The Morgan fingerprint density at radius 2 is 1.68 bits per heavy atom. The van der Waals surface area contributed by atoms with Gasteiger partial charge in [-0.05, 0) is 36.8 Å². The average molecular weight is 489 g/mol. The first-order valence-electron chi connectivity index (χ1n) is 7.30. The van der Waals surface area contributed by atoms with Crippen molar-refractivity contribution in [3.63, 3.8) is 0 Å². The van der Waals surface area contributed by atoms with Gasteiger partial charge in [0.15, 0.2) is 0 Å². The normalized spacial score (nSPS) is 13.0. The Morgan fingerprint density at radius 3 is 2.24 bits per heavy atom. The Morgan fingerprint density at radius 1 is 1.08 bits per heavy atom. The third kappa shape index (κ3) is 6.05. The largest absolute Gasteiger partial charge is 0.480 e. The van der Waals surface area contributed by atoms with Crippen LogP contribution < -0.4 is 5.32 Å². The first-order valence-corrected chi connectivity index (χ1v) is 10.2. The summed E-state index contributed by atoms with van der Waals surface area (Å²) < 4.78 is 13.6. The summed E-state index contributed by atoms with van der Waals surface area (Å²) in [6.07, 6.45) is 0.0672. The summed E-state index contributed by atoms with van der Waals surface area (Å²) in [7, 11) is -1.32. The minimum absolute atomic E-state index is 0.0672. The minimum atomic E-state index is -1.32. The number of rotatable bonds is 7. The Kier molecular flexibility index (Phi) is 7.34. The maximum atomic E-state index is 12.3. The highest BCUT2D eigenvalue weighted by Gasteiger charge is 2.22. The molecule has 0 radical (unpaired) electrons. The molecule has 1 amide bonds. The number of carbonyl (C=O) groups is 2. The highest BCUT2D eigenvalue weighted by Crippen LogP contribution is 2.20. The molecule has 0 saturated carbocycles. The maximum absolute atomic E-state index is 12.3. The molecule has 8 heteroatoms. The number of nitrogens with one attached hydrogen (secondary N) is 1. The minimum Gasteiger partial charge on any atom is -0.480 e. The Bertz CT molecular complexity index is 778. The lowest BCUT2D eigenvalue weighted by molar-refractivity contribution is -0.139. The number of hydrogen-bond acceptors (Lipinski definition) is 3. The van der Waals surface area contributed by atoms with Crippen molar-refractivity contribution < 1.29 is 18.9 Å². The molecule has 0 aliphatic rings. The van der Waals surface area contributed by atoms with Gasteiger partial charge in [-0.2, -0.15) is 0 Å². The molecule has 0 heterocycles. The van der Waals surface area contributed by atoms with Gasteiger partial charge in [-0.25, -0.2) is 4.79 Å². The summed E-state index contributed by atoms with van der Waals surface area (Å²) >= 11 is 6.57.